The minimum atomic E-state index is -0.460. The number of fused-ring (bicyclic) bond motifs is 1. The van der Waals surface area contributed by atoms with Gasteiger partial charge in [0, 0.05) is 6.04 Å². The van der Waals surface area contributed by atoms with E-state index in [1.807, 2.05) is 4.57 Å². The van der Waals surface area contributed by atoms with E-state index in [0.717, 1.165) is 12.8 Å². The van der Waals surface area contributed by atoms with E-state index in [0.29, 0.717) is 11.3 Å². The van der Waals surface area contributed by atoms with Gasteiger partial charge in [0.2, 0.25) is 0 Å². The second kappa shape index (κ2) is 4.28. The Hall–Kier alpha value is -2.43. The van der Waals surface area contributed by atoms with Gasteiger partial charge in [0.1, 0.15) is 22.9 Å². The van der Waals surface area contributed by atoms with Crippen LogP contribution in [0.3, 0.4) is 0 Å². The average Bonchev–Trinajstić information content (AvgIpc) is 3.22. The van der Waals surface area contributed by atoms with Gasteiger partial charge in [-0.25, -0.2) is 13.8 Å². The van der Waals surface area contributed by atoms with Crippen LogP contribution in [0.15, 0.2) is 36.4 Å². The van der Waals surface area contributed by atoms with E-state index >= 15 is 0 Å². The molecule has 2 aromatic carbocycles. The largest absolute Gasteiger partial charge is 0.507 e. The standard InChI is InChI=1S/C16H12F2N2O/c17-9-4-7-14(21)11(8-9)16-19-15-12(18)2-1-3-13(15)20(16)10-5-6-10/h1-4,7-8,10,21H,5-6H2. The highest BCUT2D eigenvalue weighted by atomic mass is 19.1. The zero-order valence-electron chi connectivity index (χ0n) is 11.1. The number of halogens is 2. The van der Waals surface area contributed by atoms with Gasteiger partial charge in [0.15, 0.2) is 5.82 Å². The summed E-state index contributed by atoms with van der Waals surface area (Å²) >= 11 is 0. The van der Waals surface area contributed by atoms with Crippen LogP contribution < -0.4 is 0 Å². The summed E-state index contributed by atoms with van der Waals surface area (Å²) in [7, 11) is 0. The molecule has 0 atom stereocenters. The Morgan fingerprint density at radius 2 is 1.95 bits per heavy atom. The van der Waals surface area contributed by atoms with Crippen molar-refractivity contribution < 1.29 is 13.9 Å². The molecular weight excluding hydrogens is 274 g/mol. The summed E-state index contributed by atoms with van der Waals surface area (Å²) in [5, 5.41) is 10.00. The molecule has 4 rings (SSSR count). The number of para-hydroxylation sites is 1. The highest BCUT2D eigenvalue weighted by Gasteiger charge is 2.30. The van der Waals surface area contributed by atoms with Gasteiger partial charge in [-0.05, 0) is 43.2 Å². The maximum absolute atomic E-state index is 13.9. The van der Waals surface area contributed by atoms with Crippen LogP contribution in [0.2, 0.25) is 0 Å². The summed E-state index contributed by atoms with van der Waals surface area (Å²) in [5.41, 5.74) is 1.22. The number of phenolic OH excluding ortho intramolecular Hbond substituents is 1. The van der Waals surface area contributed by atoms with Gasteiger partial charge in [0.25, 0.3) is 0 Å². The van der Waals surface area contributed by atoms with Gasteiger partial charge >= 0.3 is 0 Å². The lowest BCUT2D eigenvalue weighted by Crippen LogP contribution is -1.98. The van der Waals surface area contributed by atoms with Crippen molar-refractivity contribution in [2.45, 2.75) is 18.9 Å². The van der Waals surface area contributed by atoms with Gasteiger partial charge in [-0.2, -0.15) is 0 Å². The van der Waals surface area contributed by atoms with Crippen LogP contribution in [0.25, 0.3) is 22.4 Å². The first-order valence-corrected chi connectivity index (χ1v) is 6.80. The molecule has 5 heteroatoms. The number of nitrogens with zero attached hydrogens (tertiary/aromatic N) is 2. The molecule has 0 bridgehead atoms. The third-order valence-corrected chi connectivity index (χ3v) is 3.78. The van der Waals surface area contributed by atoms with Gasteiger partial charge < -0.3 is 9.67 Å². The Labute approximate surface area is 119 Å². The van der Waals surface area contributed by atoms with Crippen molar-refractivity contribution in [2.75, 3.05) is 0 Å². The highest BCUT2D eigenvalue weighted by molar-refractivity contribution is 5.82. The molecule has 0 saturated heterocycles. The molecule has 0 aliphatic heterocycles. The van der Waals surface area contributed by atoms with Crippen LogP contribution in [0.4, 0.5) is 8.78 Å². The summed E-state index contributed by atoms with van der Waals surface area (Å²) in [6.07, 6.45) is 1.95. The number of rotatable bonds is 2. The molecule has 1 aliphatic rings. The van der Waals surface area contributed by atoms with Crippen molar-refractivity contribution in [1.29, 1.82) is 0 Å². The van der Waals surface area contributed by atoms with Gasteiger partial charge in [-0.1, -0.05) is 6.07 Å². The normalized spacial score (nSPS) is 14.8. The lowest BCUT2D eigenvalue weighted by Gasteiger charge is -2.09. The zero-order chi connectivity index (χ0) is 14.6. The number of aromatic nitrogens is 2. The Balaban J connectivity index is 2.06. The minimum Gasteiger partial charge on any atom is -0.507 e. The molecule has 0 amide bonds. The molecule has 0 radical (unpaired) electrons. The second-order valence-electron chi connectivity index (χ2n) is 5.31. The molecule has 106 valence electrons. The summed E-state index contributed by atoms with van der Waals surface area (Å²) < 4.78 is 29.3. The van der Waals surface area contributed by atoms with Crippen LogP contribution in [0.1, 0.15) is 18.9 Å². The molecule has 1 fully saturated rings. The zero-order valence-corrected chi connectivity index (χ0v) is 11.1. The van der Waals surface area contributed by atoms with E-state index in [1.54, 1.807) is 12.1 Å². The fourth-order valence-corrected chi connectivity index (χ4v) is 2.66. The van der Waals surface area contributed by atoms with Crippen molar-refractivity contribution in [3.05, 3.63) is 48.0 Å². The van der Waals surface area contributed by atoms with E-state index in [-0.39, 0.29) is 22.9 Å². The highest BCUT2D eigenvalue weighted by Crippen LogP contribution is 2.43. The predicted molar refractivity (Wildman–Crippen MR) is 75.0 cm³/mol. The van der Waals surface area contributed by atoms with Crippen molar-refractivity contribution in [1.82, 2.24) is 9.55 Å². The predicted octanol–water partition coefficient (Wildman–Crippen LogP) is 4.02. The van der Waals surface area contributed by atoms with Crippen LogP contribution in [-0.2, 0) is 0 Å². The number of benzene rings is 2. The molecule has 3 aromatic rings. The molecule has 3 nitrogen and oxygen atoms in total. The fraction of sp³-hybridized carbons (Fsp3) is 0.188. The van der Waals surface area contributed by atoms with Crippen LogP contribution in [-0.4, -0.2) is 14.7 Å². The van der Waals surface area contributed by atoms with E-state index in [9.17, 15) is 13.9 Å². The summed E-state index contributed by atoms with van der Waals surface area (Å²) in [4.78, 5) is 4.31. The number of hydrogen-bond acceptors (Lipinski definition) is 2. The van der Waals surface area contributed by atoms with Crippen molar-refractivity contribution >= 4 is 11.0 Å². The van der Waals surface area contributed by atoms with Crippen molar-refractivity contribution in [3.63, 3.8) is 0 Å². The maximum atomic E-state index is 13.9. The van der Waals surface area contributed by atoms with Crippen LogP contribution in [0.5, 0.6) is 5.75 Å². The van der Waals surface area contributed by atoms with Crippen molar-refractivity contribution in [3.8, 4) is 17.1 Å². The number of phenols is 1. The van der Waals surface area contributed by atoms with Gasteiger partial charge in [-0.15, -0.1) is 0 Å². The van der Waals surface area contributed by atoms with E-state index in [2.05, 4.69) is 4.98 Å². The van der Waals surface area contributed by atoms with E-state index in [1.165, 1.54) is 24.3 Å². The summed E-state index contributed by atoms with van der Waals surface area (Å²) in [5.74, 6) is -0.523. The Morgan fingerprint density at radius 3 is 2.71 bits per heavy atom. The molecule has 1 N–H and O–H groups in total. The third kappa shape index (κ3) is 1.88. The second-order valence-corrected chi connectivity index (χ2v) is 5.31. The smallest absolute Gasteiger partial charge is 0.151 e. The lowest BCUT2D eigenvalue weighted by molar-refractivity contribution is 0.474. The molecule has 1 heterocycles. The maximum Gasteiger partial charge on any atom is 0.151 e. The number of aromatic hydroxyl groups is 1. The molecule has 0 unspecified atom stereocenters. The Bertz CT molecular complexity index is 853. The quantitative estimate of drug-likeness (QED) is 0.772. The first kappa shape index (κ1) is 12.3. The summed E-state index contributed by atoms with van der Waals surface area (Å²) in [6, 6.07) is 8.71. The van der Waals surface area contributed by atoms with Gasteiger partial charge in [0.05, 0.1) is 11.1 Å². The Kier molecular flexibility index (Phi) is 2.51. The molecule has 1 saturated carbocycles. The van der Waals surface area contributed by atoms with E-state index < -0.39 is 11.6 Å². The first-order chi connectivity index (χ1) is 10.1. The molecule has 21 heavy (non-hydrogen) atoms. The average molecular weight is 286 g/mol. The SMILES string of the molecule is Oc1ccc(F)cc1-c1nc2c(F)cccc2n1C1CC1. The number of hydrogen-bond donors (Lipinski definition) is 1. The lowest BCUT2D eigenvalue weighted by atomic mass is 10.2. The third-order valence-electron chi connectivity index (χ3n) is 3.78. The molecule has 1 aromatic heterocycles. The topological polar surface area (TPSA) is 38.1 Å². The Morgan fingerprint density at radius 1 is 1.14 bits per heavy atom. The van der Waals surface area contributed by atoms with Crippen molar-refractivity contribution in [2.24, 2.45) is 0 Å². The number of imidazole rings is 1. The van der Waals surface area contributed by atoms with Crippen LogP contribution >= 0.6 is 0 Å². The summed E-state index contributed by atoms with van der Waals surface area (Å²) in [6.45, 7) is 0. The molecule has 0 spiro atoms. The van der Waals surface area contributed by atoms with Crippen LogP contribution in [0, 0.1) is 11.6 Å². The van der Waals surface area contributed by atoms with E-state index in [4.69, 9.17) is 0 Å². The van der Waals surface area contributed by atoms with Gasteiger partial charge in [-0.3, -0.25) is 0 Å². The first-order valence-electron chi connectivity index (χ1n) is 6.80. The monoisotopic (exact) mass is 286 g/mol. The minimum absolute atomic E-state index is 0.0611. The molecule has 1 aliphatic carbocycles. The fourth-order valence-electron chi connectivity index (χ4n) is 2.66. The molecular formula is C16H12F2N2O.